The molecule has 1 amide bonds. The van der Waals surface area contributed by atoms with Gasteiger partial charge in [0.05, 0.1) is 34.6 Å². The van der Waals surface area contributed by atoms with Gasteiger partial charge in [-0.2, -0.15) is 0 Å². The van der Waals surface area contributed by atoms with Crippen LogP contribution >= 0.6 is 34.8 Å². The molecule has 4 aromatic rings. The lowest BCUT2D eigenvalue weighted by Gasteiger charge is -2.13. The molecule has 1 N–H and O–H groups in total. The number of benzene rings is 3. The number of ether oxygens (including phenoxy) is 1. The molecule has 0 saturated heterocycles. The van der Waals surface area contributed by atoms with E-state index < -0.39 is 0 Å². The highest BCUT2D eigenvalue weighted by Crippen LogP contribution is 2.33. The predicted molar refractivity (Wildman–Crippen MR) is 123 cm³/mol. The monoisotopic (exact) mass is 456 g/mol. The summed E-state index contributed by atoms with van der Waals surface area (Å²) in [7, 11) is 1.53. The minimum atomic E-state index is -0.319. The molecule has 0 atom stereocenters. The molecule has 1 heterocycles. The van der Waals surface area contributed by atoms with E-state index in [1.54, 1.807) is 42.5 Å². The Morgan fingerprint density at radius 2 is 1.67 bits per heavy atom. The largest absolute Gasteiger partial charge is 0.495 e. The van der Waals surface area contributed by atoms with Crippen molar-refractivity contribution in [2.75, 3.05) is 12.4 Å². The minimum absolute atomic E-state index is 0.319. The molecule has 0 aliphatic heterocycles. The van der Waals surface area contributed by atoms with Crippen molar-refractivity contribution in [3.8, 4) is 17.0 Å². The molecule has 0 spiro atoms. The quantitative estimate of drug-likeness (QED) is 0.355. The lowest BCUT2D eigenvalue weighted by atomic mass is 10.0. The molecule has 0 aliphatic rings. The molecule has 0 unspecified atom stereocenters. The third-order valence-corrected chi connectivity index (χ3v) is 5.36. The van der Waals surface area contributed by atoms with Crippen LogP contribution < -0.4 is 10.1 Å². The SMILES string of the molecule is COc1ccc(Cl)cc1NC(=O)c1cc(-c2ccc(Cl)cc2Cl)nc2ccccc12. The highest BCUT2D eigenvalue weighted by molar-refractivity contribution is 6.36. The van der Waals surface area contributed by atoms with Crippen molar-refractivity contribution < 1.29 is 9.53 Å². The number of carbonyl (C=O) groups excluding carboxylic acids is 1. The molecule has 3 aromatic carbocycles. The molecule has 0 radical (unpaired) electrons. The molecule has 30 heavy (non-hydrogen) atoms. The summed E-state index contributed by atoms with van der Waals surface area (Å²) >= 11 is 18.5. The van der Waals surface area contributed by atoms with Gasteiger partial charge in [-0.15, -0.1) is 0 Å². The number of aromatic nitrogens is 1. The molecule has 7 heteroatoms. The summed E-state index contributed by atoms with van der Waals surface area (Å²) in [4.78, 5) is 17.9. The molecule has 4 nitrogen and oxygen atoms in total. The number of anilines is 1. The van der Waals surface area contributed by atoms with Crippen LogP contribution in [-0.4, -0.2) is 18.0 Å². The highest BCUT2D eigenvalue weighted by atomic mass is 35.5. The van der Waals surface area contributed by atoms with Crippen LogP contribution in [0, 0.1) is 0 Å². The van der Waals surface area contributed by atoms with Gasteiger partial charge in [-0.05, 0) is 48.5 Å². The molecule has 0 saturated carbocycles. The van der Waals surface area contributed by atoms with Gasteiger partial charge in [0.25, 0.3) is 5.91 Å². The number of fused-ring (bicyclic) bond motifs is 1. The normalized spacial score (nSPS) is 10.8. The Morgan fingerprint density at radius 3 is 2.43 bits per heavy atom. The first-order valence-corrected chi connectivity index (χ1v) is 10.1. The van der Waals surface area contributed by atoms with E-state index in [-0.39, 0.29) is 5.91 Å². The van der Waals surface area contributed by atoms with Crippen LogP contribution in [0.2, 0.25) is 15.1 Å². The lowest BCUT2D eigenvalue weighted by molar-refractivity contribution is 0.102. The predicted octanol–water partition coefficient (Wildman–Crippen LogP) is 7.12. The van der Waals surface area contributed by atoms with Crippen LogP contribution in [0.1, 0.15) is 10.4 Å². The van der Waals surface area contributed by atoms with E-state index in [9.17, 15) is 4.79 Å². The fraction of sp³-hybridized carbons (Fsp3) is 0.0435. The summed E-state index contributed by atoms with van der Waals surface area (Å²) < 4.78 is 5.33. The van der Waals surface area contributed by atoms with Gasteiger partial charge in [0, 0.05) is 21.0 Å². The number of hydrogen-bond acceptors (Lipinski definition) is 3. The van der Waals surface area contributed by atoms with E-state index in [1.165, 1.54) is 7.11 Å². The number of para-hydroxylation sites is 1. The average molecular weight is 458 g/mol. The summed E-state index contributed by atoms with van der Waals surface area (Å²) in [6, 6.07) is 19.3. The summed E-state index contributed by atoms with van der Waals surface area (Å²) in [5.41, 5.74) is 2.84. The average Bonchev–Trinajstić information content (AvgIpc) is 2.73. The Balaban J connectivity index is 1.84. The first kappa shape index (κ1) is 20.5. The van der Waals surface area contributed by atoms with Crippen LogP contribution in [-0.2, 0) is 0 Å². The van der Waals surface area contributed by atoms with Gasteiger partial charge < -0.3 is 10.1 Å². The Kier molecular flexibility index (Phi) is 5.82. The first-order valence-electron chi connectivity index (χ1n) is 8.96. The Morgan fingerprint density at radius 1 is 0.933 bits per heavy atom. The van der Waals surface area contributed by atoms with Crippen molar-refractivity contribution in [3.05, 3.63) is 87.4 Å². The number of hydrogen-bond donors (Lipinski definition) is 1. The standard InChI is InChI=1S/C23H15Cl3N2O2/c1-30-22-9-7-14(25)11-21(22)28-23(29)17-12-20(16-8-6-13(24)10-18(16)26)27-19-5-3-2-4-15(17)19/h2-12H,1H3,(H,28,29). The van der Waals surface area contributed by atoms with E-state index in [4.69, 9.17) is 39.5 Å². The molecule has 1 aromatic heterocycles. The maximum absolute atomic E-state index is 13.2. The Bertz CT molecular complexity index is 1270. The van der Waals surface area contributed by atoms with Gasteiger partial charge in [-0.1, -0.05) is 53.0 Å². The van der Waals surface area contributed by atoms with Crippen molar-refractivity contribution >= 4 is 57.3 Å². The zero-order chi connectivity index (χ0) is 21.3. The van der Waals surface area contributed by atoms with Crippen LogP contribution in [0.4, 0.5) is 5.69 Å². The number of pyridine rings is 1. The number of halogens is 3. The molecular formula is C23H15Cl3N2O2. The van der Waals surface area contributed by atoms with Gasteiger partial charge in [-0.3, -0.25) is 4.79 Å². The second kappa shape index (κ2) is 8.52. The Labute approximate surface area is 188 Å². The van der Waals surface area contributed by atoms with Gasteiger partial charge >= 0.3 is 0 Å². The van der Waals surface area contributed by atoms with E-state index in [0.29, 0.717) is 54.2 Å². The van der Waals surface area contributed by atoms with E-state index >= 15 is 0 Å². The minimum Gasteiger partial charge on any atom is -0.495 e. The van der Waals surface area contributed by atoms with Crippen LogP contribution in [0.3, 0.4) is 0 Å². The molecule has 4 rings (SSSR count). The number of nitrogens with zero attached hydrogens (tertiary/aromatic N) is 1. The van der Waals surface area contributed by atoms with Crippen molar-refractivity contribution in [2.24, 2.45) is 0 Å². The van der Waals surface area contributed by atoms with Gasteiger partial charge in [0.15, 0.2) is 0 Å². The van der Waals surface area contributed by atoms with Gasteiger partial charge in [0.1, 0.15) is 5.75 Å². The third-order valence-electron chi connectivity index (χ3n) is 4.58. The lowest BCUT2D eigenvalue weighted by Crippen LogP contribution is -2.14. The summed E-state index contributed by atoms with van der Waals surface area (Å²) in [5, 5.41) is 5.06. The summed E-state index contributed by atoms with van der Waals surface area (Å²) in [5.74, 6) is 0.188. The molecular weight excluding hydrogens is 443 g/mol. The third kappa shape index (κ3) is 4.08. The fourth-order valence-corrected chi connectivity index (χ4v) is 3.84. The number of nitrogens with one attached hydrogen (secondary N) is 1. The smallest absolute Gasteiger partial charge is 0.256 e. The molecule has 0 fully saturated rings. The topological polar surface area (TPSA) is 51.2 Å². The highest BCUT2D eigenvalue weighted by Gasteiger charge is 2.17. The Hall–Kier alpha value is -2.79. The van der Waals surface area contributed by atoms with Crippen LogP contribution in [0.15, 0.2) is 66.7 Å². The second-order valence-corrected chi connectivity index (χ2v) is 7.78. The summed E-state index contributed by atoms with van der Waals surface area (Å²) in [6.45, 7) is 0. The summed E-state index contributed by atoms with van der Waals surface area (Å²) in [6.07, 6.45) is 0. The number of rotatable bonds is 4. The zero-order valence-corrected chi connectivity index (χ0v) is 18.0. The van der Waals surface area contributed by atoms with E-state index in [1.807, 2.05) is 24.3 Å². The zero-order valence-electron chi connectivity index (χ0n) is 15.7. The van der Waals surface area contributed by atoms with E-state index in [0.717, 1.165) is 0 Å². The maximum Gasteiger partial charge on any atom is 0.256 e. The molecule has 150 valence electrons. The first-order chi connectivity index (χ1) is 14.5. The van der Waals surface area contributed by atoms with Crippen LogP contribution in [0.25, 0.3) is 22.2 Å². The molecule has 0 aliphatic carbocycles. The van der Waals surface area contributed by atoms with Crippen molar-refractivity contribution in [3.63, 3.8) is 0 Å². The van der Waals surface area contributed by atoms with Gasteiger partial charge in [-0.25, -0.2) is 4.98 Å². The van der Waals surface area contributed by atoms with Crippen molar-refractivity contribution in [2.45, 2.75) is 0 Å². The maximum atomic E-state index is 13.2. The fourth-order valence-electron chi connectivity index (χ4n) is 3.17. The number of carbonyl (C=O) groups is 1. The second-order valence-electron chi connectivity index (χ2n) is 6.50. The van der Waals surface area contributed by atoms with Crippen molar-refractivity contribution in [1.82, 2.24) is 4.98 Å². The van der Waals surface area contributed by atoms with Gasteiger partial charge in [0.2, 0.25) is 0 Å². The number of amides is 1. The molecule has 0 bridgehead atoms. The van der Waals surface area contributed by atoms with Crippen LogP contribution in [0.5, 0.6) is 5.75 Å². The number of methoxy groups -OCH3 is 1. The van der Waals surface area contributed by atoms with Crippen molar-refractivity contribution in [1.29, 1.82) is 0 Å². The van der Waals surface area contributed by atoms with E-state index in [2.05, 4.69) is 10.3 Å².